The Labute approximate surface area is 272 Å². The van der Waals surface area contributed by atoms with Crippen molar-refractivity contribution in [1.29, 1.82) is 0 Å². The number of nitrogens with one attached hydrogen (secondary N) is 1. The first kappa shape index (κ1) is 26.2. The van der Waals surface area contributed by atoms with Gasteiger partial charge in [-0.2, -0.15) is 0 Å². The van der Waals surface area contributed by atoms with E-state index in [0.717, 1.165) is 15.8 Å². The topological polar surface area (TPSA) is 12.0 Å². The van der Waals surface area contributed by atoms with Gasteiger partial charge in [0.2, 0.25) is 0 Å². The third-order valence-corrected chi connectivity index (χ3v) is 10.1. The Morgan fingerprint density at radius 2 is 0.800 bits per heavy atom. The molecule has 1 nitrogen and oxygen atoms in total. The molecule has 2 heteroatoms. The van der Waals surface area contributed by atoms with Crippen LogP contribution in [0, 0.1) is 0 Å². The Morgan fingerprint density at radius 1 is 0.356 bits per heavy atom. The molecule has 1 N–H and O–H groups in total. The molecule has 9 rings (SSSR count). The second-order valence-electron chi connectivity index (χ2n) is 11.9. The van der Waals surface area contributed by atoms with Gasteiger partial charge in [-0.05, 0) is 115 Å². The predicted molar refractivity (Wildman–Crippen MR) is 191 cm³/mol. The van der Waals surface area contributed by atoms with Gasteiger partial charge in [-0.1, -0.05) is 131 Å². The highest BCUT2D eigenvalue weighted by atomic mass is 79.9. The molecule has 0 saturated heterocycles. The maximum Gasteiger partial charge on any atom is 0.0725 e. The highest BCUT2D eigenvalue weighted by molar-refractivity contribution is 9.10. The highest BCUT2D eigenvalue weighted by Crippen LogP contribution is 2.63. The lowest BCUT2D eigenvalue weighted by Crippen LogP contribution is -2.25. The van der Waals surface area contributed by atoms with E-state index in [1.165, 1.54) is 66.8 Å². The van der Waals surface area contributed by atoms with E-state index in [9.17, 15) is 0 Å². The van der Waals surface area contributed by atoms with Crippen molar-refractivity contribution >= 4 is 27.3 Å². The average Bonchev–Trinajstić information content (AvgIpc) is 3.57. The Bertz CT molecular complexity index is 2180. The Balaban J connectivity index is 1.14. The lowest BCUT2D eigenvalue weighted by atomic mass is 9.70. The lowest BCUT2D eigenvalue weighted by molar-refractivity contribution is 0.794. The van der Waals surface area contributed by atoms with Gasteiger partial charge in [0.05, 0.1) is 5.41 Å². The van der Waals surface area contributed by atoms with Crippen LogP contribution in [0.3, 0.4) is 0 Å². The van der Waals surface area contributed by atoms with Crippen molar-refractivity contribution in [3.63, 3.8) is 0 Å². The molecule has 212 valence electrons. The van der Waals surface area contributed by atoms with Crippen LogP contribution in [-0.2, 0) is 5.41 Å². The molecular weight excluding hydrogens is 610 g/mol. The molecule has 1 spiro atoms. The second-order valence-corrected chi connectivity index (χ2v) is 12.9. The molecule has 2 aliphatic carbocycles. The molecule has 0 saturated carbocycles. The van der Waals surface area contributed by atoms with E-state index in [0.29, 0.717) is 0 Å². The van der Waals surface area contributed by atoms with Crippen LogP contribution >= 0.6 is 15.9 Å². The summed E-state index contributed by atoms with van der Waals surface area (Å²) in [6.07, 6.45) is 0. The smallest absolute Gasteiger partial charge is 0.0725 e. The van der Waals surface area contributed by atoms with Gasteiger partial charge in [0.15, 0.2) is 0 Å². The molecule has 0 fully saturated rings. The number of hydrogen-bond donors (Lipinski definition) is 1. The molecule has 0 amide bonds. The molecule has 0 bridgehead atoms. The van der Waals surface area contributed by atoms with Crippen LogP contribution in [0.5, 0.6) is 0 Å². The van der Waals surface area contributed by atoms with Gasteiger partial charge in [-0.25, -0.2) is 0 Å². The second kappa shape index (κ2) is 10.2. The fraction of sp³-hybridized carbons (Fsp3) is 0.0233. The molecule has 0 atom stereocenters. The van der Waals surface area contributed by atoms with Gasteiger partial charge in [-0.3, -0.25) is 0 Å². The minimum absolute atomic E-state index is 0.329. The van der Waals surface area contributed by atoms with Crippen molar-refractivity contribution < 1.29 is 0 Å². The normalized spacial score (nSPS) is 13.2. The van der Waals surface area contributed by atoms with Crippen molar-refractivity contribution in [3.05, 3.63) is 191 Å². The molecule has 0 aromatic heterocycles. The van der Waals surface area contributed by atoms with Gasteiger partial charge in [0, 0.05) is 15.8 Å². The van der Waals surface area contributed by atoms with Gasteiger partial charge in [0.25, 0.3) is 0 Å². The van der Waals surface area contributed by atoms with Crippen molar-refractivity contribution in [1.82, 2.24) is 0 Å². The maximum atomic E-state index is 3.51. The molecule has 0 aliphatic heterocycles. The minimum atomic E-state index is -0.329. The number of hydrogen-bond acceptors (Lipinski definition) is 1. The van der Waals surface area contributed by atoms with E-state index in [1.54, 1.807) is 0 Å². The Morgan fingerprint density at radius 3 is 1.38 bits per heavy atom. The number of fused-ring (bicyclic) bond motifs is 10. The molecule has 7 aromatic rings. The summed E-state index contributed by atoms with van der Waals surface area (Å²) in [7, 11) is 0. The first-order chi connectivity index (χ1) is 22.2. The molecule has 7 aromatic carbocycles. The monoisotopic (exact) mass is 637 g/mol. The van der Waals surface area contributed by atoms with Gasteiger partial charge < -0.3 is 5.32 Å². The number of halogens is 1. The Hall–Kier alpha value is -5.18. The van der Waals surface area contributed by atoms with Crippen molar-refractivity contribution in [2.45, 2.75) is 5.41 Å². The van der Waals surface area contributed by atoms with E-state index >= 15 is 0 Å². The van der Waals surface area contributed by atoms with Gasteiger partial charge in [-0.15, -0.1) is 0 Å². The minimum Gasteiger partial charge on any atom is -0.356 e. The summed E-state index contributed by atoms with van der Waals surface area (Å²) in [5.74, 6) is 0. The summed E-state index contributed by atoms with van der Waals surface area (Å²) in [5.41, 5.74) is 17.5. The van der Waals surface area contributed by atoms with Crippen LogP contribution in [-0.4, -0.2) is 0 Å². The molecule has 0 radical (unpaired) electrons. The standard InChI is InChI=1S/C43H28BrN/c44-32-19-23-34(24-20-32)45-33-21-16-28(17-22-33)29-8-7-9-30(26-29)31-18-25-38-37-12-3-6-15-41(37)43(42(38)27-31)39-13-4-1-10-35(39)36-11-2-5-14-40(36)43/h1-27,45H. The molecule has 45 heavy (non-hydrogen) atoms. The summed E-state index contributed by atoms with van der Waals surface area (Å²) in [5, 5.41) is 3.50. The van der Waals surface area contributed by atoms with E-state index in [-0.39, 0.29) is 5.41 Å². The van der Waals surface area contributed by atoms with Crippen molar-refractivity contribution in [2.75, 3.05) is 5.32 Å². The number of rotatable bonds is 4. The maximum absolute atomic E-state index is 3.51. The molecule has 0 unspecified atom stereocenters. The SMILES string of the molecule is Brc1ccc(Nc2ccc(-c3cccc(-c4ccc5c(c4)C4(c6ccccc6-c6ccccc64)c4ccccc4-5)c3)cc2)cc1. The zero-order chi connectivity index (χ0) is 30.0. The molecule has 2 aliphatic rings. The van der Waals surface area contributed by atoms with Crippen LogP contribution < -0.4 is 5.32 Å². The van der Waals surface area contributed by atoms with Crippen LogP contribution in [0.4, 0.5) is 11.4 Å². The van der Waals surface area contributed by atoms with Gasteiger partial charge >= 0.3 is 0 Å². The largest absolute Gasteiger partial charge is 0.356 e. The Kier molecular flexibility index (Phi) is 5.94. The highest BCUT2D eigenvalue weighted by Gasteiger charge is 2.51. The molecular formula is C43H28BrN. The zero-order valence-corrected chi connectivity index (χ0v) is 26.1. The van der Waals surface area contributed by atoms with Crippen molar-refractivity contribution in [2.24, 2.45) is 0 Å². The van der Waals surface area contributed by atoms with Crippen LogP contribution in [0.1, 0.15) is 22.3 Å². The summed E-state index contributed by atoms with van der Waals surface area (Å²) in [6.45, 7) is 0. The van der Waals surface area contributed by atoms with E-state index in [4.69, 9.17) is 0 Å². The summed E-state index contributed by atoms with van der Waals surface area (Å²) >= 11 is 3.51. The summed E-state index contributed by atoms with van der Waals surface area (Å²) in [4.78, 5) is 0. The van der Waals surface area contributed by atoms with E-state index in [1.807, 2.05) is 12.1 Å². The van der Waals surface area contributed by atoms with Crippen LogP contribution in [0.15, 0.2) is 168 Å². The molecule has 0 heterocycles. The third kappa shape index (κ3) is 3.99. The van der Waals surface area contributed by atoms with E-state index in [2.05, 4.69) is 173 Å². The zero-order valence-electron chi connectivity index (χ0n) is 24.5. The number of benzene rings is 7. The predicted octanol–water partition coefficient (Wildman–Crippen LogP) is 11.9. The lowest BCUT2D eigenvalue weighted by Gasteiger charge is -2.30. The summed E-state index contributed by atoms with van der Waals surface area (Å²) in [6, 6.07) is 59.9. The quantitative estimate of drug-likeness (QED) is 0.202. The first-order valence-corrected chi connectivity index (χ1v) is 16.2. The van der Waals surface area contributed by atoms with E-state index < -0.39 is 0 Å². The fourth-order valence-corrected chi connectivity index (χ4v) is 7.86. The van der Waals surface area contributed by atoms with Crippen molar-refractivity contribution in [3.8, 4) is 44.5 Å². The third-order valence-electron chi connectivity index (χ3n) is 9.54. The van der Waals surface area contributed by atoms with Crippen LogP contribution in [0.2, 0.25) is 0 Å². The van der Waals surface area contributed by atoms with Gasteiger partial charge in [0.1, 0.15) is 0 Å². The summed E-state index contributed by atoms with van der Waals surface area (Å²) < 4.78 is 1.07. The number of anilines is 2. The average molecular weight is 639 g/mol. The first-order valence-electron chi connectivity index (χ1n) is 15.4. The van der Waals surface area contributed by atoms with Crippen LogP contribution in [0.25, 0.3) is 44.5 Å². The fourth-order valence-electron chi connectivity index (χ4n) is 7.60.